The van der Waals surface area contributed by atoms with Crippen LogP contribution in [-0.2, 0) is 14.8 Å². The quantitative estimate of drug-likeness (QED) is 0.296. The Kier molecular flexibility index (Phi) is 9.56. The van der Waals surface area contributed by atoms with Gasteiger partial charge in [-0.05, 0) is 98.8 Å². The van der Waals surface area contributed by atoms with Crippen LogP contribution in [0.5, 0.6) is 5.75 Å². The van der Waals surface area contributed by atoms with Crippen molar-refractivity contribution in [2.75, 3.05) is 35.4 Å². The van der Waals surface area contributed by atoms with Crippen LogP contribution in [0.25, 0.3) is 0 Å². The molecule has 9 heteroatoms. The molecule has 0 radical (unpaired) electrons. The zero-order chi connectivity index (χ0) is 28.0. The number of amides is 1. The van der Waals surface area contributed by atoms with E-state index in [1.165, 1.54) is 30.7 Å². The van der Waals surface area contributed by atoms with Crippen LogP contribution in [-0.4, -0.2) is 40.6 Å². The third kappa shape index (κ3) is 7.33. The van der Waals surface area contributed by atoms with E-state index >= 15 is 0 Å². The van der Waals surface area contributed by atoms with Gasteiger partial charge in [0.05, 0.1) is 23.2 Å². The highest BCUT2D eigenvalue weighted by Gasteiger charge is 2.28. The Morgan fingerprint density at radius 3 is 2.36 bits per heavy atom. The number of benzene rings is 3. The highest BCUT2D eigenvalue weighted by atomic mass is 79.9. The second-order valence-electron chi connectivity index (χ2n) is 9.97. The van der Waals surface area contributed by atoms with Crippen molar-refractivity contribution in [3.8, 4) is 5.75 Å². The molecule has 1 aliphatic rings. The number of nitrogens with one attached hydrogen (secondary N) is 1. The summed E-state index contributed by atoms with van der Waals surface area (Å²) >= 11 is 3.35. The van der Waals surface area contributed by atoms with Crippen LogP contribution in [0.1, 0.15) is 45.2 Å². The molecule has 208 valence electrons. The van der Waals surface area contributed by atoms with Crippen molar-refractivity contribution < 1.29 is 17.9 Å². The predicted octanol–water partition coefficient (Wildman–Crippen LogP) is 6.16. The molecule has 1 fully saturated rings. The lowest BCUT2D eigenvalue weighted by atomic mass is 9.99. The number of rotatable bonds is 10. The number of hydrogen-bond acceptors (Lipinski definition) is 5. The first kappa shape index (κ1) is 29.0. The number of hydrogen-bond donors (Lipinski definition) is 1. The Morgan fingerprint density at radius 1 is 1.08 bits per heavy atom. The van der Waals surface area contributed by atoms with Gasteiger partial charge in [0.15, 0.2) is 0 Å². The Morgan fingerprint density at radius 2 is 1.74 bits per heavy atom. The average molecular weight is 615 g/mol. The largest absolute Gasteiger partial charge is 0.494 e. The summed E-state index contributed by atoms with van der Waals surface area (Å²) in [6, 6.07) is 21.0. The summed E-state index contributed by atoms with van der Waals surface area (Å²) in [6.07, 6.45) is 2.46. The number of piperidine rings is 1. The van der Waals surface area contributed by atoms with Gasteiger partial charge < -0.3 is 15.0 Å². The van der Waals surface area contributed by atoms with Crippen molar-refractivity contribution in [3.05, 3.63) is 82.8 Å². The summed E-state index contributed by atoms with van der Waals surface area (Å²) in [6.45, 7) is 8.32. The van der Waals surface area contributed by atoms with E-state index in [4.69, 9.17) is 4.74 Å². The maximum absolute atomic E-state index is 13.7. The molecule has 1 aliphatic heterocycles. The molecule has 0 bridgehead atoms. The van der Waals surface area contributed by atoms with Crippen molar-refractivity contribution in [1.82, 2.24) is 5.32 Å². The van der Waals surface area contributed by atoms with Gasteiger partial charge in [0.25, 0.3) is 10.0 Å². The second-order valence-corrected chi connectivity index (χ2v) is 12.7. The smallest absolute Gasteiger partial charge is 0.264 e. The van der Waals surface area contributed by atoms with E-state index in [-0.39, 0.29) is 17.5 Å². The number of anilines is 2. The number of carbonyl (C=O) groups is 1. The second kappa shape index (κ2) is 12.9. The van der Waals surface area contributed by atoms with Gasteiger partial charge in [0.2, 0.25) is 5.91 Å². The maximum Gasteiger partial charge on any atom is 0.264 e. The molecule has 0 saturated carbocycles. The summed E-state index contributed by atoms with van der Waals surface area (Å²) in [5.41, 5.74) is 2.52. The molecule has 0 aliphatic carbocycles. The number of ether oxygens (including phenoxy) is 1. The van der Waals surface area contributed by atoms with Crippen molar-refractivity contribution in [3.63, 3.8) is 0 Å². The van der Waals surface area contributed by atoms with Crippen LogP contribution < -0.4 is 19.3 Å². The molecule has 2 unspecified atom stereocenters. The third-order valence-corrected chi connectivity index (χ3v) is 9.23. The topological polar surface area (TPSA) is 79.0 Å². The third-order valence-electron chi connectivity index (χ3n) is 6.92. The van der Waals surface area contributed by atoms with Crippen LogP contribution in [0, 0.1) is 5.92 Å². The van der Waals surface area contributed by atoms with Crippen LogP contribution in [0.15, 0.2) is 82.2 Å². The van der Waals surface area contributed by atoms with E-state index in [9.17, 15) is 13.2 Å². The normalized spacial score (nSPS) is 16.4. The molecule has 1 heterocycles. The number of nitrogens with zero attached hydrogens (tertiary/aromatic N) is 2. The van der Waals surface area contributed by atoms with Gasteiger partial charge in [0.1, 0.15) is 12.3 Å². The lowest BCUT2D eigenvalue weighted by Gasteiger charge is -2.33. The van der Waals surface area contributed by atoms with Crippen LogP contribution in [0.3, 0.4) is 0 Å². The van der Waals surface area contributed by atoms with Gasteiger partial charge >= 0.3 is 0 Å². The van der Waals surface area contributed by atoms with Gasteiger partial charge in [-0.1, -0.05) is 35.0 Å². The van der Waals surface area contributed by atoms with E-state index in [0.29, 0.717) is 24.0 Å². The molecule has 0 aromatic heterocycles. The molecule has 3 aromatic carbocycles. The summed E-state index contributed by atoms with van der Waals surface area (Å²) in [5.74, 6) is 0.914. The molecule has 1 N–H and O–H groups in total. The molecule has 1 saturated heterocycles. The summed E-state index contributed by atoms with van der Waals surface area (Å²) in [7, 11) is -4.01. The van der Waals surface area contributed by atoms with E-state index in [0.717, 1.165) is 27.4 Å². The minimum absolute atomic E-state index is 0.100. The minimum Gasteiger partial charge on any atom is -0.494 e. The molecular formula is C30H36BrN3O4S. The molecule has 7 nitrogen and oxygen atoms in total. The molecule has 4 rings (SSSR count). The van der Waals surface area contributed by atoms with E-state index in [1.54, 1.807) is 36.4 Å². The SMILES string of the molecule is CCOc1ccc(N(CC(=O)NC(C)c2ccc(N3CCCC(C)C3)cc2)S(=O)(=O)c2ccc(Br)cc2)cc1. The average Bonchev–Trinajstić information content (AvgIpc) is 2.93. The van der Waals surface area contributed by atoms with Gasteiger partial charge in [-0.2, -0.15) is 0 Å². The Hall–Kier alpha value is -3.04. The number of halogens is 1. The Labute approximate surface area is 240 Å². The van der Waals surface area contributed by atoms with E-state index in [2.05, 4.69) is 45.2 Å². The van der Waals surface area contributed by atoms with E-state index in [1.807, 2.05) is 26.0 Å². The van der Waals surface area contributed by atoms with Crippen molar-refractivity contribution >= 4 is 43.2 Å². The highest BCUT2D eigenvalue weighted by Crippen LogP contribution is 2.28. The summed E-state index contributed by atoms with van der Waals surface area (Å²) in [5, 5.41) is 2.98. The van der Waals surface area contributed by atoms with Gasteiger partial charge in [-0.15, -0.1) is 0 Å². The Balaban J connectivity index is 1.50. The lowest BCUT2D eigenvalue weighted by molar-refractivity contribution is -0.120. The number of carbonyl (C=O) groups excluding carboxylic acids is 1. The monoisotopic (exact) mass is 613 g/mol. The van der Waals surface area contributed by atoms with Crippen molar-refractivity contribution in [2.45, 2.75) is 44.6 Å². The molecule has 3 aromatic rings. The van der Waals surface area contributed by atoms with Crippen LogP contribution in [0.2, 0.25) is 0 Å². The summed E-state index contributed by atoms with van der Waals surface area (Å²) < 4.78 is 34.7. The van der Waals surface area contributed by atoms with Crippen LogP contribution >= 0.6 is 15.9 Å². The standard InChI is InChI=1S/C30H36BrN3O4S/c1-4-38-28-15-13-27(14-16-28)34(39(36,37)29-17-9-25(31)10-18-29)21-30(35)32-23(3)24-7-11-26(12-8-24)33-19-5-6-22(2)20-33/h7-18,22-23H,4-6,19-21H2,1-3H3,(H,32,35). The highest BCUT2D eigenvalue weighted by molar-refractivity contribution is 9.10. The lowest BCUT2D eigenvalue weighted by Crippen LogP contribution is -2.41. The maximum atomic E-state index is 13.7. The fourth-order valence-corrected chi connectivity index (χ4v) is 6.51. The van der Waals surface area contributed by atoms with Crippen molar-refractivity contribution in [2.24, 2.45) is 5.92 Å². The molecule has 1 amide bonds. The molecule has 39 heavy (non-hydrogen) atoms. The van der Waals surface area contributed by atoms with Gasteiger partial charge in [-0.25, -0.2) is 8.42 Å². The molecule has 0 spiro atoms. The molecular weight excluding hydrogens is 578 g/mol. The first-order chi connectivity index (χ1) is 18.7. The van der Waals surface area contributed by atoms with E-state index < -0.39 is 15.9 Å². The summed E-state index contributed by atoms with van der Waals surface area (Å²) in [4.78, 5) is 15.7. The van der Waals surface area contributed by atoms with Gasteiger partial charge in [-0.3, -0.25) is 9.10 Å². The molecule has 2 atom stereocenters. The van der Waals surface area contributed by atoms with Crippen LogP contribution in [0.4, 0.5) is 11.4 Å². The minimum atomic E-state index is -4.01. The fraction of sp³-hybridized carbons (Fsp3) is 0.367. The Bertz CT molecular complexity index is 1350. The first-order valence-corrected chi connectivity index (χ1v) is 15.6. The van der Waals surface area contributed by atoms with Gasteiger partial charge in [0, 0.05) is 23.2 Å². The zero-order valence-electron chi connectivity index (χ0n) is 22.6. The predicted molar refractivity (Wildman–Crippen MR) is 160 cm³/mol. The first-order valence-electron chi connectivity index (χ1n) is 13.3. The number of sulfonamides is 1. The zero-order valence-corrected chi connectivity index (χ0v) is 25.0. The van der Waals surface area contributed by atoms with Crippen molar-refractivity contribution in [1.29, 1.82) is 0 Å². The fourth-order valence-electron chi connectivity index (χ4n) is 4.82.